The smallest absolute Gasteiger partial charge is 0.303 e. The molecule has 82 valence electrons. The Morgan fingerprint density at radius 3 is 2.43 bits per heavy atom. The molecule has 0 aromatic carbocycles. The minimum atomic E-state index is -0.672. The van der Waals surface area contributed by atoms with Gasteiger partial charge in [0.05, 0.1) is 0 Å². The van der Waals surface area contributed by atoms with Crippen LogP contribution in [0, 0.1) is 5.92 Å². The van der Waals surface area contributed by atoms with E-state index in [4.69, 9.17) is 5.11 Å². The van der Waals surface area contributed by atoms with E-state index in [9.17, 15) is 4.79 Å². The average Bonchev–Trinajstić information content (AvgIpc) is 2.15. The lowest BCUT2D eigenvalue weighted by molar-refractivity contribution is -0.138. The molecule has 0 saturated heterocycles. The number of carboxylic acids is 1. The standard InChI is InChI=1S/C12H22O2/c1-3-5-6-7-8-9-11(4-2)10-12(13)14/h6-7,11H,3-5,8-10H2,1-2H3,(H,13,14). The van der Waals surface area contributed by atoms with E-state index in [-0.39, 0.29) is 0 Å². The molecule has 1 N–H and O–H groups in total. The van der Waals surface area contributed by atoms with Crippen LogP contribution in [0.15, 0.2) is 12.2 Å². The van der Waals surface area contributed by atoms with E-state index in [1.54, 1.807) is 0 Å². The van der Waals surface area contributed by atoms with Crippen molar-refractivity contribution in [2.45, 2.75) is 52.4 Å². The van der Waals surface area contributed by atoms with Crippen LogP contribution in [-0.4, -0.2) is 11.1 Å². The first-order chi connectivity index (χ1) is 6.70. The summed E-state index contributed by atoms with van der Waals surface area (Å²) in [6.45, 7) is 4.22. The summed E-state index contributed by atoms with van der Waals surface area (Å²) in [4.78, 5) is 10.5. The van der Waals surface area contributed by atoms with Crippen LogP contribution in [0.4, 0.5) is 0 Å². The highest BCUT2D eigenvalue weighted by Crippen LogP contribution is 2.15. The second-order valence-electron chi connectivity index (χ2n) is 3.71. The fraction of sp³-hybridized carbons (Fsp3) is 0.750. The first-order valence-electron chi connectivity index (χ1n) is 5.57. The predicted octanol–water partition coefficient (Wildman–Crippen LogP) is 3.62. The summed E-state index contributed by atoms with van der Waals surface area (Å²) in [5.74, 6) is -0.326. The molecule has 0 amide bonds. The molecule has 0 spiro atoms. The van der Waals surface area contributed by atoms with E-state index in [1.165, 1.54) is 6.42 Å². The number of rotatable bonds is 8. The van der Waals surface area contributed by atoms with Gasteiger partial charge in [-0.3, -0.25) is 4.79 Å². The summed E-state index contributed by atoms with van der Waals surface area (Å²) < 4.78 is 0. The zero-order valence-corrected chi connectivity index (χ0v) is 9.33. The zero-order valence-electron chi connectivity index (χ0n) is 9.33. The topological polar surface area (TPSA) is 37.3 Å². The largest absolute Gasteiger partial charge is 0.481 e. The molecule has 0 aromatic heterocycles. The highest BCUT2D eigenvalue weighted by Gasteiger charge is 2.09. The zero-order chi connectivity index (χ0) is 10.8. The molecule has 1 unspecified atom stereocenters. The van der Waals surface area contributed by atoms with Crippen molar-refractivity contribution < 1.29 is 9.90 Å². The number of aliphatic carboxylic acids is 1. The van der Waals surface area contributed by atoms with Gasteiger partial charge in [0.2, 0.25) is 0 Å². The van der Waals surface area contributed by atoms with Gasteiger partial charge >= 0.3 is 5.97 Å². The molecule has 0 aliphatic heterocycles. The van der Waals surface area contributed by atoms with E-state index in [2.05, 4.69) is 26.0 Å². The molecule has 1 atom stereocenters. The Morgan fingerprint density at radius 1 is 1.29 bits per heavy atom. The number of carbonyl (C=O) groups is 1. The number of unbranched alkanes of at least 4 members (excludes halogenated alkanes) is 1. The van der Waals surface area contributed by atoms with Gasteiger partial charge in [-0.2, -0.15) is 0 Å². The molecule has 0 fully saturated rings. The van der Waals surface area contributed by atoms with Crippen molar-refractivity contribution in [2.75, 3.05) is 0 Å². The van der Waals surface area contributed by atoms with Gasteiger partial charge in [0, 0.05) is 6.42 Å². The third kappa shape index (κ3) is 7.84. The van der Waals surface area contributed by atoms with Crippen LogP contribution in [-0.2, 0) is 4.79 Å². The lowest BCUT2D eigenvalue weighted by atomic mass is 9.96. The minimum Gasteiger partial charge on any atom is -0.481 e. The Labute approximate surface area is 87.0 Å². The Hall–Kier alpha value is -0.790. The highest BCUT2D eigenvalue weighted by molar-refractivity contribution is 5.66. The van der Waals surface area contributed by atoms with Crippen LogP contribution in [0.2, 0.25) is 0 Å². The van der Waals surface area contributed by atoms with Crippen LogP contribution >= 0.6 is 0 Å². The number of allylic oxidation sites excluding steroid dienone is 2. The van der Waals surface area contributed by atoms with Gasteiger partial charge in [-0.25, -0.2) is 0 Å². The fourth-order valence-electron chi connectivity index (χ4n) is 1.43. The Kier molecular flexibility index (Phi) is 8.30. The molecule has 0 saturated carbocycles. The van der Waals surface area contributed by atoms with E-state index < -0.39 is 5.97 Å². The number of hydrogen-bond donors (Lipinski definition) is 1. The predicted molar refractivity (Wildman–Crippen MR) is 59.3 cm³/mol. The van der Waals surface area contributed by atoms with E-state index in [1.807, 2.05) is 0 Å². The van der Waals surface area contributed by atoms with Gasteiger partial charge in [-0.05, 0) is 25.2 Å². The van der Waals surface area contributed by atoms with Crippen molar-refractivity contribution in [2.24, 2.45) is 5.92 Å². The van der Waals surface area contributed by atoms with Gasteiger partial charge in [-0.15, -0.1) is 0 Å². The molecule has 0 aromatic rings. The molecule has 2 heteroatoms. The van der Waals surface area contributed by atoms with Crippen molar-refractivity contribution in [1.82, 2.24) is 0 Å². The quantitative estimate of drug-likeness (QED) is 0.605. The molecule has 0 rings (SSSR count). The summed E-state index contributed by atoms with van der Waals surface area (Å²) in [7, 11) is 0. The fourth-order valence-corrected chi connectivity index (χ4v) is 1.43. The SMILES string of the molecule is CCCC=CCCC(CC)CC(=O)O. The second kappa shape index (κ2) is 8.79. The van der Waals surface area contributed by atoms with Crippen LogP contribution in [0.1, 0.15) is 52.4 Å². The highest BCUT2D eigenvalue weighted by atomic mass is 16.4. The lowest BCUT2D eigenvalue weighted by Gasteiger charge is -2.09. The summed E-state index contributed by atoms with van der Waals surface area (Å²) in [5, 5.41) is 8.64. The molecule has 0 aliphatic rings. The summed E-state index contributed by atoms with van der Waals surface area (Å²) >= 11 is 0. The average molecular weight is 198 g/mol. The Bertz CT molecular complexity index is 173. The molecule has 14 heavy (non-hydrogen) atoms. The van der Waals surface area contributed by atoms with Crippen LogP contribution < -0.4 is 0 Å². The molecular formula is C12H22O2. The van der Waals surface area contributed by atoms with Crippen LogP contribution in [0.3, 0.4) is 0 Å². The molecule has 0 radical (unpaired) electrons. The van der Waals surface area contributed by atoms with Gasteiger partial charge in [0.1, 0.15) is 0 Å². The third-order valence-corrected chi connectivity index (χ3v) is 2.40. The van der Waals surface area contributed by atoms with Crippen LogP contribution in [0.25, 0.3) is 0 Å². The Balaban J connectivity index is 3.56. The normalized spacial score (nSPS) is 13.3. The first-order valence-corrected chi connectivity index (χ1v) is 5.57. The van der Waals surface area contributed by atoms with Crippen molar-refractivity contribution in [3.63, 3.8) is 0 Å². The first kappa shape index (κ1) is 13.2. The maximum Gasteiger partial charge on any atom is 0.303 e. The van der Waals surface area contributed by atoms with Gasteiger partial charge in [0.25, 0.3) is 0 Å². The van der Waals surface area contributed by atoms with Gasteiger partial charge < -0.3 is 5.11 Å². The molecule has 0 heterocycles. The maximum atomic E-state index is 10.5. The van der Waals surface area contributed by atoms with Gasteiger partial charge in [0.15, 0.2) is 0 Å². The molecule has 0 aliphatic carbocycles. The third-order valence-electron chi connectivity index (χ3n) is 2.40. The van der Waals surface area contributed by atoms with Crippen molar-refractivity contribution in [3.8, 4) is 0 Å². The van der Waals surface area contributed by atoms with Crippen molar-refractivity contribution >= 4 is 5.97 Å². The molecule has 2 nitrogen and oxygen atoms in total. The summed E-state index contributed by atoms with van der Waals surface area (Å²) in [6, 6.07) is 0. The van der Waals surface area contributed by atoms with E-state index >= 15 is 0 Å². The summed E-state index contributed by atoms with van der Waals surface area (Å²) in [5.41, 5.74) is 0. The summed E-state index contributed by atoms with van der Waals surface area (Å²) in [6.07, 6.45) is 9.99. The lowest BCUT2D eigenvalue weighted by Crippen LogP contribution is -2.06. The minimum absolute atomic E-state index is 0.318. The van der Waals surface area contributed by atoms with E-state index in [0.717, 1.165) is 25.7 Å². The van der Waals surface area contributed by atoms with Gasteiger partial charge in [-0.1, -0.05) is 38.8 Å². The monoisotopic (exact) mass is 198 g/mol. The number of carboxylic acid groups (broad SMARTS) is 1. The Morgan fingerprint density at radius 2 is 1.93 bits per heavy atom. The maximum absolute atomic E-state index is 10.5. The van der Waals surface area contributed by atoms with Crippen molar-refractivity contribution in [1.29, 1.82) is 0 Å². The molecular weight excluding hydrogens is 176 g/mol. The second-order valence-corrected chi connectivity index (χ2v) is 3.71. The van der Waals surface area contributed by atoms with Crippen LogP contribution in [0.5, 0.6) is 0 Å². The van der Waals surface area contributed by atoms with E-state index in [0.29, 0.717) is 12.3 Å². The number of hydrogen-bond acceptors (Lipinski definition) is 1. The molecule has 0 bridgehead atoms. The van der Waals surface area contributed by atoms with Crippen molar-refractivity contribution in [3.05, 3.63) is 12.2 Å².